The van der Waals surface area contributed by atoms with E-state index in [9.17, 15) is 4.39 Å². The molecule has 0 fully saturated rings. The summed E-state index contributed by atoms with van der Waals surface area (Å²) in [6.45, 7) is 5.77. The van der Waals surface area contributed by atoms with E-state index < -0.39 is 5.82 Å². The number of thiophene rings is 1. The van der Waals surface area contributed by atoms with E-state index in [0.717, 1.165) is 12.1 Å². The summed E-state index contributed by atoms with van der Waals surface area (Å²) in [7, 11) is 0. The lowest BCUT2D eigenvalue weighted by Gasteiger charge is -2.23. The monoisotopic (exact) mass is 279 g/mol. The standard InChI is InChI=1S/C15H18FNOS/c1-15(2,14-4-3-7-19-14)10-17-9-11-5-6-13(18)12(16)8-11/h3-8,17-18H,9-10H2,1-2H3. The molecule has 0 saturated heterocycles. The lowest BCUT2D eigenvalue weighted by Crippen LogP contribution is -2.31. The van der Waals surface area contributed by atoms with Crippen molar-refractivity contribution in [3.05, 3.63) is 52.0 Å². The average molecular weight is 279 g/mol. The minimum atomic E-state index is -0.572. The van der Waals surface area contributed by atoms with Crippen molar-refractivity contribution in [2.75, 3.05) is 6.54 Å². The number of halogens is 1. The maximum Gasteiger partial charge on any atom is 0.165 e. The Labute approximate surface area is 116 Å². The van der Waals surface area contributed by atoms with Crippen molar-refractivity contribution in [2.45, 2.75) is 25.8 Å². The van der Waals surface area contributed by atoms with E-state index in [1.165, 1.54) is 17.0 Å². The Morgan fingerprint density at radius 1 is 1.32 bits per heavy atom. The van der Waals surface area contributed by atoms with Gasteiger partial charge in [0.05, 0.1) is 0 Å². The SMILES string of the molecule is CC(C)(CNCc1ccc(O)c(F)c1)c1cccs1. The zero-order chi connectivity index (χ0) is 13.9. The molecule has 0 bridgehead atoms. The van der Waals surface area contributed by atoms with E-state index in [0.29, 0.717) is 6.54 Å². The van der Waals surface area contributed by atoms with E-state index in [1.807, 2.05) is 0 Å². The van der Waals surface area contributed by atoms with E-state index in [2.05, 4.69) is 36.7 Å². The van der Waals surface area contributed by atoms with Crippen LogP contribution < -0.4 is 5.32 Å². The van der Waals surface area contributed by atoms with E-state index in [4.69, 9.17) is 5.11 Å². The summed E-state index contributed by atoms with van der Waals surface area (Å²) in [5, 5.41) is 14.5. The highest BCUT2D eigenvalue weighted by molar-refractivity contribution is 7.10. The molecule has 102 valence electrons. The molecule has 2 nitrogen and oxygen atoms in total. The number of aromatic hydroxyl groups is 1. The van der Waals surface area contributed by atoms with Crippen LogP contribution in [-0.4, -0.2) is 11.7 Å². The summed E-state index contributed by atoms with van der Waals surface area (Å²) in [6.07, 6.45) is 0. The highest BCUT2D eigenvalue weighted by Gasteiger charge is 2.20. The number of phenolic OH excluding ortho intramolecular Hbond substituents is 1. The first kappa shape index (κ1) is 14.0. The molecule has 0 spiro atoms. The highest BCUT2D eigenvalue weighted by atomic mass is 32.1. The molecule has 2 rings (SSSR count). The number of phenols is 1. The first-order valence-corrected chi connectivity index (χ1v) is 7.09. The van der Waals surface area contributed by atoms with Crippen LogP contribution >= 0.6 is 11.3 Å². The predicted octanol–water partition coefficient (Wildman–Crippen LogP) is 3.66. The van der Waals surface area contributed by atoms with Gasteiger partial charge in [-0.05, 0) is 29.1 Å². The maximum atomic E-state index is 13.2. The third-order valence-corrected chi connectivity index (χ3v) is 4.33. The van der Waals surface area contributed by atoms with E-state index in [-0.39, 0.29) is 11.2 Å². The maximum absolute atomic E-state index is 13.2. The summed E-state index contributed by atoms with van der Waals surface area (Å²) in [6, 6.07) is 8.66. The molecule has 0 saturated carbocycles. The topological polar surface area (TPSA) is 32.3 Å². The van der Waals surface area contributed by atoms with Gasteiger partial charge in [0, 0.05) is 23.4 Å². The lowest BCUT2D eigenvalue weighted by molar-refractivity contribution is 0.430. The largest absolute Gasteiger partial charge is 0.505 e. The van der Waals surface area contributed by atoms with Crippen molar-refractivity contribution in [3.63, 3.8) is 0 Å². The molecule has 0 atom stereocenters. The molecule has 1 aromatic heterocycles. The van der Waals surface area contributed by atoms with Gasteiger partial charge in [-0.3, -0.25) is 0 Å². The molecule has 0 aliphatic carbocycles. The molecule has 0 aliphatic heterocycles. The molecular weight excluding hydrogens is 261 g/mol. The van der Waals surface area contributed by atoms with Crippen LogP contribution in [0.5, 0.6) is 5.75 Å². The molecule has 0 radical (unpaired) electrons. The average Bonchev–Trinajstić information content (AvgIpc) is 2.88. The number of nitrogens with one attached hydrogen (secondary N) is 1. The zero-order valence-electron chi connectivity index (χ0n) is 11.1. The Morgan fingerprint density at radius 2 is 2.11 bits per heavy atom. The molecule has 0 unspecified atom stereocenters. The molecule has 1 heterocycles. The smallest absolute Gasteiger partial charge is 0.165 e. The second-order valence-electron chi connectivity index (χ2n) is 5.25. The Hall–Kier alpha value is -1.39. The number of hydrogen-bond donors (Lipinski definition) is 2. The van der Waals surface area contributed by atoms with Gasteiger partial charge in [-0.1, -0.05) is 26.0 Å². The molecule has 1 aromatic carbocycles. The van der Waals surface area contributed by atoms with Crippen LogP contribution in [0, 0.1) is 5.82 Å². The Kier molecular flexibility index (Phi) is 4.22. The first-order valence-electron chi connectivity index (χ1n) is 6.21. The Balaban J connectivity index is 1.91. The fourth-order valence-corrected chi connectivity index (χ4v) is 2.78. The van der Waals surface area contributed by atoms with Crippen LogP contribution in [0.25, 0.3) is 0 Å². The minimum Gasteiger partial charge on any atom is -0.505 e. The fraction of sp³-hybridized carbons (Fsp3) is 0.333. The van der Waals surface area contributed by atoms with Gasteiger partial charge in [-0.2, -0.15) is 0 Å². The summed E-state index contributed by atoms with van der Waals surface area (Å²) in [5.74, 6) is -0.875. The molecule has 19 heavy (non-hydrogen) atoms. The second kappa shape index (κ2) is 5.72. The van der Waals surface area contributed by atoms with E-state index in [1.54, 1.807) is 17.4 Å². The minimum absolute atomic E-state index is 0.0592. The van der Waals surface area contributed by atoms with Crippen molar-refractivity contribution in [1.82, 2.24) is 5.32 Å². The molecule has 2 aromatic rings. The van der Waals surface area contributed by atoms with Gasteiger partial charge >= 0.3 is 0 Å². The van der Waals surface area contributed by atoms with Gasteiger partial charge in [0.2, 0.25) is 0 Å². The van der Waals surface area contributed by atoms with Gasteiger partial charge in [-0.25, -0.2) is 4.39 Å². The van der Waals surface area contributed by atoms with Crippen molar-refractivity contribution in [1.29, 1.82) is 0 Å². The third kappa shape index (κ3) is 3.55. The van der Waals surface area contributed by atoms with Crippen LogP contribution in [-0.2, 0) is 12.0 Å². The molecule has 4 heteroatoms. The third-order valence-electron chi connectivity index (χ3n) is 3.10. The summed E-state index contributed by atoms with van der Waals surface area (Å²) in [4.78, 5) is 1.33. The van der Waals surface area contributed by atoms with Crippen LogP contribution in [0.2, 0.25) is 0 Å². The van der Waals surface area contributed by atoms with Crippen molar-refractivity contribution >= 4 is 11.3 Å². The molecular formula is C15H18FNOS. The van der Waals surface area contributed by atoms with Crippen molar-refractivity contribution < 1.29 is 9.50 Å². The second-order valence-corrected chi connectivity index (χ2v) is 6.20. The molecule has 0 amide bonds. The normalized spacial score (nSPS) is 11.7. The highest BCUT2D eigenvalue weighted by Crippen LogP contribution is 2.26. The van der Waals surface area contributed by atoms with E-state index >= 15 is 0 Å². The number of rotatable bonds is 5. The van der Waals surface area contributed by atoms with Crippen molar-refractivity contribution in [3.8, 4) is 5.75 Å². The first-order chi connectivity index (χ1) is 8.99. The van der Waals surface area contributed by atoms with Gasteiger partial charge in [-0.15, -0.1) is 11.3 Å². The van der Waals surface area contributed by atoms with Crippen LogP contribution in [0.4, 0.5) is 4.39 Å². The molecule has 2 N–H and O–H groups in total. The molecule has 0 aliphatic rings. The number of hydrogen-bond acceptors (Lipinski definition) is 3. The Morgan fingerprint density at radius 3 is 2.74 bits per heavy atom. The summed E-state index contributed by atoms with van der Waals surface area (Å²) in [5.41, 5.74) is 0.890. The van der Waals surface area contributed by atoms with Crippen LogP contribution in [0.3, 0.4) is 0 Å². The lowest BCUT2D eigenvalue weighted by atomic mass is 9.91. The van der Waals surface area contributed by atoms with Gasteiger partial charge in [0.15, 0.2) is 11.6 Å². The van der Waals surface area contributed by atoms with Crippen LogP contribution in [0.1, 0.15) is 24.3 Å². The van der Waals surface area contributed by atoms with Gasteiger partial charge in [0.25, 0.3) is 0 Å². The Bertz CT molecular complexity index is 537. The predicted molar refractivity (Wildman–Crippen MR) is 77.1 cm³/mol. The fourth-order valence-electron chi connectivity index (χ4n) is 1.93. The number of benzene rings is 1. The van der Waals surface area contributed by atoms with Gasteiger partial charge in [0.1, 0.15) is 0 Å². The summed E-state index contributed by atoms with van der Waals surface area (Å²) >= 11 is 1.75. The summed E-state index contributed by atoms with van der Waals surface area (Å²) < 4.78 is 13.2. The van der Waals surface area contributed by atoms with Crippen LogP contribution in [0.15, 0.2) is 35.7 Å². The van der Waals surface area contributed by atoms with Gasteiger partial charge < -0.3 is 10.4 Å². The van der Waals surface area contributed by atoms with Crippen molar-refractivity contribution in [2.24, 2.45) is 0 Å². The quantitative estimate of drug-likeness (QED) is 0.875. The zero-order valence-corrected chi connectivity index (χ0v) is 11.9.